The molecule has 0 amide bonds. The molecular weight excluding hydrogens is 452 g/mol. The van der Waals surface area contributed by atoms with Crippen LogP contribution in [0.3, 0.4) is 0 Å². The Morgan fingerprint density at radius 3 is 2.69 bits per heavy atom. The van der Waals surface area contributed by atoms with Crippen LogP contribution < -0.4 is 5.56 Å². The zero-order chi connectivity index (χ0) is 24.5. The van der Waals surface area contributed by atoms with Gasteiger partial charge in [0, 0.05) is 29.4 Å². The first-order valence-electron chi connectivity index (χ1n) is 14.0. The van der Waals surface area contributed by atoms with Gasteiger partial charge < -0.3 is 4.74 Å². The molecule has 1 spiro atoms. The normalized spacial score (nSPS) is 22.5. The van der Waals surface area contributed by atoms with Gasteiger partial charge in [0.15, 0.2) is 5.16 Å². The van der Waals surface area contributed by atoms with Gasteiger partial charge in [-0.3, -0.25) is 9.36 Å². The van der Waals surface area contributed by atoms with E-state index in [2.05, 4.69) is 49.6 Å². The summed E-state index contributed by atoms with van der Waals surface area (Å²) in [6.45, 7) is 7.27. The van der Waals surface area contributed by atoms with Crippen molar-refractivity contribution in [2.45, 2.75) is 120 Å². The van der Waals surface area contributed by atoms with Crippen LogP contribution in [0.1, 0.15) is 109 Å². The lowest BCUT2D eigenvalue weighted by Gasteiger charge is -2.43. The van der Waals surface area contributed by atoms with Crippen LogP contribution in [0.15, 0.2) is 34.2 Å². The predicted octanol–water partition coefficient (Wildman–Crippen LogP) is 7.47. The number of aromatic nitrogens is 2. The van der Waals surface area contributed by atoms with Crippen LogP contribution in [0.2, 0.25) is 0 Å². The molecule has 4 nitrogen and oxygen atoms in total. The number of benzene rings is 1. The van der Waals surface area contributed by atoms with Gasteiger partial charge in [-0.2, -0.15) is 0 Å². The maximum atomic E-state index is 14.6. The number of unbranched alkanes of at least 4 members (excludes halogenated alkanes) is 3. The quantitative estimate of drug-likeness (QED) is 0.227. The summed E-state index contributed by atoms with van der Waals surface area (Å²) < 4.78 is 8.17. The van der Waals surface area contributed by atoms with Crippen LogP contribution in [0.25, 0.3) is 11.3 Å². The van der Waals surface area contributed by atoms with Gasteiger partial charge in [-0.25, -0.2) is 4.98 Å². The molecule has 1 saturated heterocycles. The topological polar surface area (TPSA) is 44.1 Å². The third kappa shape index (κ3) is 5.00. The minimum absolute atomic E-state index is 0.0568. The maximum Gasteiger partial charge on any atom is 0.258 e. The Morgan fingerprint density at radius 1 is 1.11 bits per heavy atom. The van der Waals surface area contributed by atoms with E-state index in [0.29, 0.717) is 6.61 Å². The fourth-order valence-electron chi connectivity index (χ4n) is 6.74. The van der Waals surface area contributed by atoms with Crippen molar-refractivity contribution in [1.29, 1.82) is 0 Å². The van der Waals surface area contributed by atoms with Crippen LogP contribution in [-0.4, -0.2) is 27.5 Å². The lowest BCUT2D eigenvalue weighted by atomic mass is 9.62. The average Bonchev–Trinajstić information content (AvgIpc) is 2.83. The van der Waals surface area contributed by atoms with Crippen molar-refractivity contribution in [2.75, 3.05) is 12.4 Å². The van der Waals surface area contributed by atoms with Gasteiger partial charge in [0.2, 0.25) is 0 Å². The van der Waals surface area contributed by atoms with Gasteiger partial charge in [0.25, 0.3) is 5.56 Å². The van der Waals surface area contributed by atoms with E-state index in [1.807, 2.05) is 0 Å². The molecule has 0 bridgehead atoms. The van der Waals surface area contributed by atoms with Crippen LogP contribution in [0, 0.1) is 0 Å². The number of hydrogen-bond donors (Lipinski definition) is 0. The Labute approximate surface area is 215 Å². The van der Waals surface area contributed by atoms with Gasteiger partial charge in [0.05, 0.1) is 16.9 Å². The minimum atomic E-state index is -0.212. The maximum absolute atomic E-state index is 14.6. The summed E-state index contributed by atoms with van der Waals surface area (Å²) in [6, 6.07) is 8.86. The van der Waals surface area contributed by atoms with Crippen LogP contribution >= 0.6 is 11.8 Å². The van der Waals surface area contributed by atoms with Crippen molar-refractivity contribution >= 4 is 11.8 Å². The number of nitrogens with zero attached hydrogens (tertiary/aromatic N) is 2. The van der Waals surface area contributed by atoms with Crippen molar-refractivity contribution in [3.05, 3.63) is 45.7 Å². The largest absolute Gasteiger partial charge is 0.375 e. The smallest absolute Gasteiger partial charge is 0.258 e. The van der Waals surface area contributed by atoms with Gasteiger partial charge in [-0.15, -0.1) is 0 Å². The summed E-state index contributed by atoms with van der Waals surface area (Å²) >= 11 is 1.80. The number of ether oxygens (including phenoxy) is 1. The summed E-state index contributed by atoms with van der Waals surface area (Å²) in [5, 5.41) is 0.926. The van der Waals surface area contributed by atoms with Crippen molar-refractivity contribution < 1.29 is 4.74 Å². The van der Waals surface area contributed by atoms with E-state index in [9.17, 15) is 4.79 Å². The third-order valence-electron chi connectivity index (χ3n) is 8.49. The molecular formula is C30H42N2O2S. The standard InChI is InChI=1S/C30H42N2O2S/c1-4-5-6-12-19-35-28-31-26-24-14-9-8-13-22(24)20-30(16-10-7-11-17-30)25(26)27(33)32(28)23-15-18-34-29(2,3)21-23/h8-9,13-14,23H,4-7,10-12,15-21H2,1-3H3. The van der Waals surface area contributed by atoms with Crippen molar-refractivity contribution in [2.24, 2.45) is 0 Å². The van der Waals surface area contributed by atoms with Gasteiger partial charge >= 0.3 is 0 Å². The van der Waals surface area contributed by atoms with E-state index < -0.39 is 0 Å². The fourth-order valence-corrected chi connectivity index (χ4v) is 7.79. The van der Waals surface area contributed by atoms with Crippen LogP contribution in [0.5, 0.6) is 0 Å². The second kappa shape index (κ2) is 10.4. The molecule has 1 saturated carbocycles. The highest BCUT2D eigenvalue weighted by atomic mass is 32.2. The molecule has 0 N–H and O–H groups in total. The molecule has 190 valence electrons. The zero-order valence-corrected chi connectivity index (χ0v) is 22.7. The monoisotopic (exact) mass is 494 g/mol. The van der Waals surface area contributed by atoms with Crippen molar-refractivity contribution in [3.63, 3.8) is 0 Å². The van der Waals surface area contributed by atoms with E-state index in [1.165, 1.54) is 56.1 Å². The SMILES string of the molecule is CCCCCCSc1nc2c(c(=O)n1C1CCOC(C)(C)C1)C1(CCCCC1)Cc1ccccc1-2. The minimum Gasteiger partial charge on any atom is -0.375 e. The third-order valence-corrected chi connectivity index (χ3v) is 9.53. The molecule has 1 aromatic heterocycles. The summed E-state index contributed by atoms with van der Waals surface area (Å²) in [5.74, 6) is 1.02. The van der Waals surface area contributed by atoms with Crippen molar-refractivity contribution in [3.8, 4) is 11.3 Å². The Hall–Kier alpha value is -1.59. The lowest BCUT2D eigenvalue weighted by Crippen LogP contribution is -2.45. The lowest BCUT2D eigenvalue weighted by molar-refractivity contribution is -0.0710. The summed E-state index contributed by atoms with van der Waals surface area (Å²) in [4.78, 5) is 20.0. The first kappa shape index (κ1) is 25.1. The average molecular weight is 495 g/mol. The van der Waals surface area contributed by atoms with E-state index in [1.54, 1.807) is 11.8 Å². The van der Waals surface area contributed by atoms with Crippen molar-refractivity contribution in [1.82, 2.24) is 9.55 Å². The fraction of sp³-hybridized carbons (Fsp3) is 0.667. The molecule has 1 atom stereocenters. The molecule has 2 heterocycles. The highest BCUT2D eigenvalue weighted by Gasteiger charge is 2.44. The Kier molecular flexibility index (Phi) is 7.46. The molecule has 35 heavy (non-hydrogen) atoms. The Balaban J connectivity index is 1.64. The second-order valence-corrected chi connectivity index (χ2v) is 12.7. The van der Waals surface area contributed by atoms with E-state index in [0.717, 1.165) is 54.3 Å². The molecule has 2 aromatic rings. The van der Waals surface area contributed by atoms with Gasteiger partial charge in [-0.1, -0.05) is 81.5 Å². The molecule has 1 aliphatic heterocycles. The van der Waals surface area contributed by atoms with E-state index in [4.69, 9.17) is 9.72 Å². The first-order chi connectivity index (χ1) is 16.9. The molecule has 5 rings (SSSR count). The number of hydrogen-bond acceptors (Lipinski definition) is 4. The molecule has 2 aliphatic carbocycles. The highest BCUT2D eigenvalue weighted by molar-refractivity contribution is 7.99. The molecule has 5 heteroatoms. The summed E-state index contributed by atoms with van der Waals surface area (Å²) in [5.41, 5.74) is 4.54. The molecule has 0 radical (unpaired) electrons. The van der Waals surface area contributed by atoms with Crippen LogP contribution in [0.4, 0.5) is 0 Å². The Morgan fingerprint density at radius 2 is 1.91 bits per heavy atom. The summed E-state index contributed by atoms with van der Waals surface area (Å²) in [7, 11) is 0. The highest BCUT2D eigenvalue weighted by Crippen LogP contribution is 2.49. The molecule has 2 fully saturated rings. The van der Waals surface area contributed by atoms with Gasteiger partial charge in [-0.05, 0) is 57.9 Å². The Bertz CT molecular complexity index is 1100. The van der Waals surface area contributed by atoms with Gasteiger partial charge in [0.1, 0.15) is 0 Å². The second-order valence-electron chi connectivity index (χ2n) is 11.6. The molecule has 1 unspecified atom stereocenters. The van der Waals surface area contributed by atoms with E-state index in [-0.39, 0.29) is 22.6 Å². The molecule has 3 aliphatic rings. The predicted molar refractivity (Wildman–Crippen MR) is 146 cm³/mol. The summed E-state index contributed by atoms with van der Waals surface area (Å²) in [6.07, 6.45) is 13.6. The number of rotatable bonds is 7. The number of fused-ring (bicyclic) bond motifs is 4. The zero-order valence-electron chi connectivity index (χ0n) is 21.9. The van der Waals surface area contributed by atoms with E-state index >= 15 is 0 Å². The van der Waals surface area contributed by atoms with Crippen LogP contribution in [-0.2, 0) is 16.6 Å². The first-order valence-corrected chi connectivity index (χ1v) is 14.9. The molecule has 1 aromatic carbocycles. The number of thioether (sulfide) groups is 1.